The van der Waals surface area contributed by atoms with Gasteiger partial charge in [-0.3, -0.25) is 4.79 Å². The fraction of sp³-hybridized carbons (Fsp3) is 0.950. The summed E-state index contributed by atoms with van der Waals surface area (Å²) < 4.78 is 0. The SMILES string of the molecule is CCCCCCCCCCCCS[C@H](C)CC(=O)CCCC. The molecule has 0 aliphatic carbocycles. The van der Waals surface area contributed by atoms with Crippen LogP contribution in [0.1, 0.15) is 111 Å². The normalized spacial score (nSPS) is 12.5. The van der Waals surface area contributed by atoms with Crippen LogP contribution in [0.4, 0.5) is 0 Å². The summed E-state index contributed by atoms with van der Waals surface area (Å²) in [7, 11) is 0. The highest BCUT2D eigenvalue weighted by atomic mass is 32.2. The topological polar surface area (TPSA) is 17.1 Å². The molecule has 0 radical (unpaired) electrons. The fourth-order valence-electron chi connectivity index (χ4n) is 2.73. The molecule has 0 bridgehead atoms. The molecular formula is C20H40OS. The average Bonchev–Trinajstić information content (AvgIpc) is 2.50. The lowest BCUT2D eigenvalue weighted by atomic mass is 10.1. The van der Waals surface area contributed by atoms with Crippen molar-refractivity contribution in [1.82, 2.24) is 0 Å². The maximum absolute atomic E-state index is 11.7. The van der Waals surface area contributed by atoms with Crippen molar-refractivity contribution in [3.63, 3.8) is 0 Å². The second-order valence-corrected chi connectivity index (χ2v) is 8.26. The number of unbranched alkanes of at least 4 members (excludes halogenated alkanes) is 10. The molecule has 0 aliphatic heterocycles. The van der Waals surface area contributed by atoms with Crippen LogP contribution in [0.2, 0.25) is 0 Å². The molecule has 0 aromatic rings. The van der Waals surface area contributed by atoms with Crippen LogP contribution in [0.15, 0.2) is 0 Å². The van der Waals surface area contributed by atoms with Crippen LogP contribution in [-0.2, 0) is 4.79 Å². The third-order valence-electron chi connectivity index (χ3n) is 4.22. The van der Waals surface area contributed by atoms with Crippen LogP contribution in [0, 0.1) is 0 Å². The van der Waals surface area contributed by atoms with Gasteiger partial charge >= 0.3 is 0 Å². The predicted octanol–water partition coefficient (Wildman–Crippen LogP) is 7.18. The Kier molecular flexibility index (Phi) is 17.4. The number of carbonyl (C=O) groups excluding carboxylic acids is 1. The van der Waals surface area contributed by atoms with E-state index in [2.05, 4.69) is 20.8 Å². The molecule has 0 aromatic carbocycles. The molecule has 132 valence electrons. The van der Waals surface area contributed by atoms with Crippen molar-refractivity contribution in [2.45, 2.75) is 116 Å². The van der Waals surface area contributed by atoms with E-state index in [1.165, 1.54) is 70.0 Å². The molecule has 0 saturated heterocycles. The van der Waals surface area contributed by atoms with Gasteiger partial charge < -0.3 is 0 Å². The molecule has 1 atom stereocenters. The Morgan fingerprint density at radius 3 is 1.82 bits per heavy atom. The third kappa shape index (κ3) is 16.4. The number of hydrogen-bond acceptors (Lipinski definition) is 2. The molecule has 0 rings (SSSR count). The van der Waals surface area contributed by atoms with Crippen molar-refractivity contribution in [3.8, 4) is 0 Å². The van der Waals surface area contributed by atoms with E-state index in [4.69, 9.17) is 0 Å². The number of thioether (sulfide) groups is 1. The number of ketones is 1. The Hall–Kier alpha value is 0.0200. The quantitative estimate of drug-likeness (QED) is 0.263. The van der Waals surface area contributed by atoms with E-state index in [0.29, 0.717) is 11.0 Å². The number of Topliss-reactive ketones (excluding diaryl/α,β-unsaturated/α-hetero) is 1. The van der Waals surface area contributed by atoms with Gasteiger partial charge in [-0.2, -0.15) is 11.8 Å². The van der Waals surface area contributed by atoms with E-state index < -0.39 is 0 Å². The van der Waals surface area contributed by atoms with Crippen molar-refractivity contribution in [1.29, 1.82) is 0 Å². The Morgan fingerprint density at radius 1 is 0.773 bits per heavy atom. The van der Waals surface area contributed by atoms with Crippen molar-refractivity contribution in [3.05, 3.63) is 0 Å². The van der Waals surface area contributed by atoms with Crippen LogP contribution < -0.4 is 0 Å². The summed E-state index contributed by atoms with van der Waals surface area (Å²) in [6, 6.07) is 0. The van der Waals surface area contributed by atoms with Crippen LogP contribution in [0.3, 0.4) is 0 Å². The highest BCUT2D eigenvalue weighted by Gasteiger charge is 2.08. The van der Waals surface area contributed by atoms with Crippen LogP contribution in [-0.4, -0.2) is 16.8 Å². The summed E-state index contributed by atoms with van der Waals surface area (Å²) in [4.78, 5) is 11.7. The summed E-state index contributed by atoms with van der Waals surface area (Å²) in [6.45, 7) is 6.64. The first-order valence-corrected chi connectivity index (χ1v) is 10.9. The smallest absolute Gasteiger partial charge is 0.134 e. The molecule has 0 aliphatic rings. The minimum Gasteiger partial charge on any atom is -0.300 e. The van der Waals surface area contributed by atoms with Gasteiger partial charge in [0.25, 0.3) is 0 Å². The summed E-state index contributed by atoms with van der Waals surface area (Å²) >= 11 is 1.99. The highest BCUT2D eigenvalue weighted by molar-refractivity contribution is 7.99. The molecule has 0 amide bonds. The average molecular weight is 329 g/mol. The molecule has 0 aromatic heterocycles. The fourth-order valence-corrected chi connectivity index (χ4v) is 3.81. The zero-order valence-electron chi connectivity index (χ0n) is 15.5. The lowest BCUT2D eigenvalue weighted by Gasteiger charge is -2.10. The van der Waals surface area contributed by atoms with Crippen molar-refractivity contribution >= 4 is 17.5 Å². The Labute approximate surface area is 144 Å². The van der Waals surface area contributed by atoms with Gasteiger partial charge in [0.05, 0.1) is 0 Å². The maximum atomic E-state index is 11.7. The van der Waals surface area contributed by atoms with Gasteiger partial charge in [-0.25, -0.2) is 0 Å². The minimum absolute atomic E-state index is 0.463. The third-order valence-corrected chi connectivity index (χ3v) is 5.48. The van der Waals surface area contributed by atoms with E-state index in [9.17, 15) is 4.79 Å². The molecule has 2 heteroatoms. The van der Waals surface area contributed by atoms with E-state index in [1.54, 1.807) is 0 Å². The summed E-state index contributed by atoms with van der Waals surface area (Å²) in [5.41, 5.74) is 0. The molecular weight excluding hydrogens is 288 g/mol. The zero-order valence-corrected chi connectivity index (χ0v) is 16.3. The van der Waals surface area contributed by atoms with Gasteiger partial charge in [-0.05, 0) is 18.6 Å². The molecule has 0 saturated carbocycles. The molecule has 22 heavy (non-hydrogen) atoms. The highest BCUT2D eigenvalue weighted by Crippen LogP contribution is 2.18. The van der Waals surface area contributed by atoms with E-state index in [1.807, 2.05) is 11.8 Å². The standard InChI is InChI=1S/C20H40OS/c1-4-6-8-9-10-11-12-13-14-15-17-22-19(3)18-20(21)16-7-5-2/h19H,4-18H2,1-3H3/t19-/m1/s1. The molecule has 0 fully saturated rings. The Morgan fingerprint density at radius 2 is 1.27 bits per heavy atom. The molecule has 1 nitrogen and oxygen atoms in total. The van der Waals surface area contributed by atoms with E-state index >= 15 is 0 Å². The largest absolute Gasteiger partial charge is 0.300 e. The molecule has 0 heterocycles. The lowest BCUT2D eigenvalue weighted by Crippen LogP contribution is -2.07. The second-order valence-electron chi connectivity index (χ2n) is 6.71. The van der Waals surface area contributed by atoms with Gasteiger partial charge in [0, 0.05) is 18.1 Å². The van der Waals surface area contributed by atoms with E-state index in [-0.39, 0.29) is 0 Å². The molecule has 0 spiro atoms. The zero-order chi connectivity index (χ0) is 16.5. The van der Waals surface area contributed by atoms with Crippen LogP contribution in [0.5, 0.6) is 0 Å². The Bertz CT molecular complexity index is 240. The first-order valence-electron chi connectivity index (χ1n) is 9.84. The van der Waals surface area contributed by atoms with Crippen LogP contribution >= 0.6 is 11.8 Å². The van der Waals surface area contributed by atoms with Crippen LogP contribution in [0.25, 0.3) is 0 Å². The van der Waals surface area contributed by atoms with E-state index in [0.717, 1.165) is 25.7 Å². The minimum atomic E-state index is 0.463. The molecule has 0 unspecified atom stereocenters. The summed E-state index contributed by atoms with van der Waals surface area (Å²) in [6.07, 6.45) is 17.8. The van der Waals surface area contributed by atoms with Gasteiger partial charge in [0.1, 0.15) is 5.78 Å². The maximum Gasteiger partial charge on any atom is 0.134 e. The van der Waals surface area contributed by atoms with Crippen molar-refractivity contribution in [2.75, 3.05) is 5.75 Å². The monoisotopic (exact) mass is 328 g/mol. The number of hydrogen-bond donors (Lipinski definition) is 0. The van der Waals surface area contributed by atoms with Gasteiger partial charge in [0.2, 0.25) is 0 Å². The van der Waals surface area contributed by atoms with Gasteiger partial charge in [-0.1, -0.05) is 85.0 Å². The predicted molar refractivity (Wildman–Crippen MR) is 103 cm³/mol. The van der Waals surface area contributed by atoms with Gasteiger partial charge in [0.15, 0.2) is 0 Å². The Balaban J connectivity index is 3.23. The first kappa shape index (κ1) is 22.0. The lowest BCUT2D eigenvalue weighted by molar-refractivity contribution is -0.119. The molecule has 0 N–H and O–H groups in total. The summed E-state index contributed by atoms with van der Waals surface area (Å²) in [5.74, 6) is 1.70. The first-order chi connectivity index (χ1) is 10.7. The van der Waals surface area contributed by atoms with Crippen molar-refractivity contribution < 1.29 is 4.79 Å². The summed E-state index contributed by atoms with van der Waals surface area (Å²) in [5, 5.41) is 0.517. The van der Waals surface area contributed by atoms with Gasteiger partial charge in [-0.15, -0.1) is 0 Å². The number of carbonyl (C=O) groups is 1. The second kappa shape index (κ2) is 17.4. The van der Waals surface area contributed by atoms with Crippen molar-refractivity contribution in [2.24, 2.45) is 0 Å². The number of rotatable bonds is 17.